The second-order valence-corrected chi connectivity index (χ2v) is 3.80. The van der Waals surface area contributed by atoms with Crippen molar-refractivity contribution in [3.8, 4) is 5.75 Å². The number of hydrogen-bond acceptors (Lipinski definition) is 6. The first-order valence-electron chi connectivity index (χ1n) is 4.04. The van der Waals surface area contributed by atoms with Crippen molar-refractivity contribution >= 4 is 22.0 Å². The van der Waals surface area contributed by atoms with Crippen LogP contribution >= 0.6 is 0 Å². The van der Waals surface area contributed by atoms with E-state index in [1.807, 2.05) is 0 Å². The van der Waals surface area contributed by atoms with E-state index in [1.165, 1.54) is 12.1 Å². The van der Waals surface area contributed by atoms with Gasteiger partial charge in [0.05, 0.1) is 5.69 Å². The lowest BCUT2D eigenvalue weighted by Crippen LogP contribution is -2.23. The lowest BCUT2D eigenvalue weighted by Gasteiger charge is -2.13. The zero-order valence-corrected chi connectivity index (χ0v) is 8.97. The summed E-state index contributed by atoms with van der Waals surface area (Å²) >= 11 is 0. The summed E-state index contributed by atoms with van der Waals surface area (Å²) in [6, 6.07) is 4.72. The van der Waals surface area contributed by atoms with Crippen molar-refractivity contribution in [2.75, 3.05) is 5.06 Å². The van der Waals surface area contributed by atoms with Crippen LogP contribution in [-0.4, -0.2) is 24.1 Å². The molecule has 8 heteroatoms. The minimum absolute atomic E-state index is 0.128. The number of rotatable bonds is 3. The van der Waals surface area contributed by atoms with Gasteiger partial charge in [-0.25, -0.2) is 8.42 Å². The van der Waals surface area contributed by atoms with Crippen LogP contribution in [0, 0.1) is 0 Å². The molecule has 0 spiro atoms. The van der Waals surface area contributed by atoms with Crippen LogP contribution in [0.5, 0.6) is 5.75 Å². The minimum atomic E-state index is -4.82. The molecule has 0 aromatic heterocycles. The summed E-state index contributed by atoms with van der Waals surface area (Å²) in [5.41, 5.74) is 0.128. The first kappa shape index (κ1) is 12.4. The van der Waals surface area contributed by atoms with Crippen LogP contribution in [0.15, 0.2) is 24.3 Å². The van der Waals surface area contributed by atoms with Gasteiger partial charge in [-0.1, -0.05) is 0 Å². The lowest BCUT2D eigenvalue weighted by atomic mass is 10.3. The standard InChI is InChI=1S/C8H9NO6S/c1-6(10)9(11)7-2-4-8(5-3-7)15-16(12,13)14/h2-5,11H,1H3,(H,12,13,14)/p-1. The molecule has 1 aromatic carbocycles. The summed E-state index contributed by atoms with van der Waals surface area (Å²) in [5, 5.41) is 9.55. The van der Waals surface area contributed by atoms with Crippen LogP contribution < -0.4 is 9.25 Å². The molecule has 0 aliphatic rings. The highest BCUT2D eigenvalue weighted by molar-refractivity contribution is 7.81. The molecule has 0 unspecified atom stereocenters. The Morgan fingerprint density at radius 3 is 2.25 bits per heavy atom. The second-order valence-electron chi connectivity index (χ2n) is 2.82. The van der Waals surface area contributed by atoms with E-state index in [4.69, 9.17) is 0 Å². The van der Waals surface area contributed by atoms with E-state index in [0.717, 1.165) is 19.1 Å². The highest BCUT2D eigenvalue weighted by Gasteiger charge is 2.08. The van der Waals surface area contributed by atoms with E-state index in [1.54, 1.807) is 0 Å². The van der Waals surface area contributed by atoms with Gasteiger partial charge in [0.2, 0.25) is 5.91 Å². The van der Waals surface area contributed by atoms with Crippen molar-refractivity contribution < 1.29 is 27.2 Å². The number of hydroxylamine groups is 1. The first-order chi connectivity index (χ1) is 7.29. The summed E-state index contributed by atoms with van der Waals surface area (Å²) in [7, 11) is -4.82. The average molecular weight is 246 g/mol. The lowest BCUT2D eigenvalue weighted by molar-refractivity contribution is -0.121. The summed E-state index contributed by atoms with van der Waals surface area (Å²) in [6.07, 6.45) is 0. The molecule has 0 radical (unpaired) electrons. The third kappa shape index (κ3) is 3.50. The van der Waals surface area contributed by atoms with Gasteiger partial charge in [-0.05, 0) is 24.3 Å². The fourth-order valence-corrected chi connectivity index (χ4v) is 1.29. The number of hydrogen-bond donors (Lipinski definition) is 1. The zero-order chi connectivity index (χ0) is 12.3. The molecule has 0 saturated carbocycles. The Balaban J connectivity index is 2.87. The maximum atomic E-state index is 10.8. The van der Waals surface area contributed by atoms with E-state index < -0.39 is 16.3 Å². The Kier molecular flexibility index (Phi) is 3.48. The molecular formula is C8H8NO6S-. The molecule has 1 rings (SSSR count). The van der Waals surface area contributed by atoms with E-state index >= 15 is 0 Å². The Morgan fingerprint density at radius 2 is 1.88 bits per heavy atom. The van der Waals surface area contributed by atoms with Crippen LogP contribution in [0.4, 0.5) is 5.69 Å². The van der Waals surface area contributed by atoms with E-state index in [0.29, 0.717) is 5.06 Å². The monoisotopic (exact) mass is 246 g/mol. The Bertz CT molecular complexity index is 480. The van der Waals surface area contributed by atoms with Gasteiger partial charge in [-0.2, -0.15) is 5.06 Å². The molecule has 0 saturated heterocycles. The molecule has 0 fully saturated rings. The molecule has 0 aliphatic heterocycles. The van der Waals surface area contributed by atoms with Crippen molar-refractivity contribution in [3.05, 3.63) is 24.3 Å². The molecule has 0 atom stereocenters. The minimum Gasteiger partial charge on any atom is -0.716 e. The van der Waals surface area contributed by atoms with Gasteiger partial charge in [0.25, 0.3) is 10.4 Å². The van der Waals surface area contributed by atoms with Crippen molar-refractivity contribution in [1.82, 2.24) is 0 Å². The highest BCUT2D eigenvalue weighted by atomic mass is 32.3. The van der Waals surface area contributed by atoms with Crippen molar-refractivity contribution in [3.63, 3.8) is 0 Å². The van der Waals surface area contributed by atoms with E-state index in [2.05, 4.69) is 4.18 Å². The maximum Gasteiger partial charge on any atom is 0.262 e. The molecule has 0 heterocycles. The molecule has 0 bridgehead atoms. The molecule has 7 nitrogen and oxygen atoms in total. The van der Waals surface area contributed by atoms with Gasteiger partial charge in [-0.3, -0.25) is 10.0 Å². The van der Waals surface area contributed by atoms with Gasteiger partial charge >= 0.3 is 0 Å². The molecule has 1 aromatic rings. The Labute approximate surface area is 91.8 Å². The maximum absolute atomic E-state index is 10.8. The number of carbonyl (C=O) groups excluding carboxylic acids is 1. The van der Waals surface area contributed by atoms with Crippen molar-refractivity contribution in [2.45, 2.75) is 6.92 Å². The van der Waals surface area contributed by atoms with Gasteiger partial charge < -0.3 is 8.74 Å². The first-order valence-corrected chi connectivity index (χ1v) is 5.38. The average Bonchev–Trinajstić information content (AvgIpc) is 2.15. The number of amides is 1. The normalized spacial score (nSPS) is 10.9. The molecule has 1 amide bonds. The van der Waals surface area contributed by atoms with Gasteiger partial charge in [0.1, 0.15) is 5.75 Å². The largest absolute Gasteiger partial charge is 0.716 e. The van der Waals surface area contributed by atoms with Gasteiger partial charge in [0, 0.05) is 6.92 Å². The third-order valence-electron chi connectivity index (χ3n) is 1.58. The number of nitrogens with zero attached hydrogens (tertiary/aromatic N) is 1. The SMILES string of the molecule is CC(=O)N(O)c1ccc(OS(=O)(=O)[O-])cc1. The van der Waals surface area contributed by atoms with Crippen LogP contribution in [0.3, 0.4) is 0 Å². The molecule has 16 heavy (non-hydrogen) atoms. The molecule has 88 valence electrons. The van der Waals surface area contributed by atoms with Gasteiger partial charge in [0.15, 0.2) is 0 Å². The van der Waals surface area contributed by atoms with Crippen LogP contribution in [-0.2, 0) is 15.2 Å². The fourth-order valence-electron chi connectivity index (χ4n) is 0.943. The fraction of sp³-hybridized carbons (Fsp3) is 0.125. The molecular weight excluding hydrogens is 238 g/mol. The van der Waals surface area contributed by atoms with Gasteiger partial charge in [-0.15, -0.1) is 0 Å². The van der Waals surface area contributed by atoms with Crippen LogP contribution in [0.2, 0.25) is 0 Å². The number of benzene rings is 1. The van der Waals surface area contributed by atoms with Crippen LogP contribution in [0.1, 0.15) is 6.92 Å². The summed E-state index contributed by atoms with van der Waals surface area (Å²) < 4.78 is 34.7. The van der Waals surface area contributed by atoms with Crippen LogP contribution in [0.25, 0.3) is 0 Å². The molecule has 0 aliphatic carbocycles. The Hall–Kier alpha value is -1.64. The van der Waals surface area contributed by atoms with E-state index in [9.17, 15) is 23.0 Å². The summed E-state index contributed by atoms with van der Waals surface area (Å²) in [6.45, 7) is 1.15. The smallest absolute Gasteiger partial charge is 0.262 e. The van der Waals surface area contributed by atoms with Crippen molar-refractivity contribution in [2.24, 2.45) is 0 Å². The Morgan fingerprint density at radius 1 is 1.38 bits per heavy atom. The molecule has 1 N–H and O–H groups in total. The van der Waals surface area contributed by atoms with E-state index in [-0.39, 0.29) is 11.4 Å². The predicted octanol–water partition coefficient (Wildman–Crippen LogP) is 0.268. The van der Waals surface area contributed by atoms with Crippen molar-refractivity contribution in [1.29, 1.82) is 0 Å². The highest BCUT2D eigenvalue weighted by Crippen LogP contribution is 2.19. The quantitative estimate of drug-likeness (QED) is 0.355. The third-order valence-corrected chi connectivity index (χ3v) is 1.97. The topological polar surface area (TPSA) is 107 Å². The number of anilines is 1. The zero-order valence-electron chi connectivity index (χ0n) is 8.15. The summed E-state index contributed by atoms with van der Waals surface area (Å²) in [4.78, 5) is 10.8. The predicted molar refractivity (Wildman–Crippen MR) is 51.7 cm³/mol. The number of carbonyl (C=O) groups is 1. The summed E-state index contributed by atoms with van der Waals surface area (Å²) in [5.74, 6) is -0.805. The second kappa shape index (κ2) is 4.47.